The Labute approximate surface area is 123 Å². The van der Waals surface area contributed by atoms with Crippen LogP contribution in [0.1, 0.15) is 41.5 Å². The van der Waals surface area contributed by atoms with Crippen LogP contribution in [0.15, 0.2) is 0 Å². The van der Waals surface area contributed by atoms with Crippen LogP contribution in [0.4, 0.5) is 0 Å². The smallest absolute Gasteiger partial charge is 0.459 e. The molecule has 2 unspecified atom stereocenters. The van der Waals surface area contributed by atoms with E-state index in [0.29, 0.717) is 25.3 Å². The van der Waals surface area contributed by atoms with Crippen molar-refractivity contribution in [3.8, 4) is 0 Å². The zero-order chi connectivity index (χ0) is 15.8. The third-order valence-corrected chi connectivity index (χ3v) is 15.7. The minimum atomic E-state index is -3.07. The van der Waals surface area contributed by atoms with Crippen molar-refractivity contribution in [2.75, 3.05) is 13.2 Å². The second-order valence-corrected chi connectivity index (χ2v) is 14.2. The van der Waals surface area contributed by atoms with Crippen LogP contribution < -0.4 is 0 Å². The highest BCUT2D eigenvalue weighted by Gasteiger charge is 2.67. The Hall–Kier alpha value is -0.706. The SMILES string of the molecule is CCO[Si](CC)(OC(C)=O)[Si](CC)(OCC)OC(C)=O. The van der Waals surface area contributed by atoms with E-state index in [1.165, 1.54) is 13.8 Å². The fourth-order valence-corrected chi connectivity index (χ4v) is 14.0. The van der Waals surface area contributed by atoms with Gasteiger partial charge in [0.25, 0.3) is 11.9 Å². The summed E-state index contributed by atoms with van der Waals surface area (Å²) in [6.07, 6.45) is 0. The highest BCUT2D eigenvalue weighted by molar-refractivity contribution is 7.32. The summed E-state index contributed by atoms with van der Waals surface area (Å²) in [7, 11) is -6.14. The fraction of sp³-hybridized carbons (Fsp3) is 0.833. The summed E-state index contributed by atoms with van der Waals surface area (Å²) in [5.41, 5.74) is 0. The molecule has 0 amide bonds. The molecule has 6 nitrogen and oxygen atoms in total. The van der Waals surface area contributed by atoms with Crippen LogP contribution in [0, 0.1) is 0 Å². The van der Waals surface area contributed by atoms with E-state index in [1.807, 2.05) is 27.7 Å². The van der Waals surface area contributed by atoms with Gasteiger partial charge in [0.2, 0.25) is 0 Å². The number of rotatable bonds is 9. The zero-order valence-corrected chi connectivity index (χ0v) is 15.3. The number of hydrogen-bond acceptors (Lipinski definition) is 6. The van der Waals surface area contributed by atoms with Crippen LogP contribution in [-0.4, -0.2) is 41.3 Å². The maximum Gasteiger partial charge on any atom is 0.459 e. The minimum Gasteiger partial charge on any atom is -0.492 e. The van der Waals surface area contributed by atoms with E-state index in [4.69, 9.17) is 17.7 Å². The van der Waals surface area contributed by atoms with E-state index in [0.717, 1.165) is 0 Å². The van der Waals surface area contributed by atoms with Crippen molar-refractivity contribution in [1.29, 1.82) is 0 Å². The molecule has 0 aromatic rings. The summed E-state index contributed by atoms with van der Waals surface area (Å²) >= 11 is 0. The summed E-state index contributed by atoms with van der Waals surface area (Å²) in [5.74, 6) is -0.853. The second-order valence-electron chi connectivity index (χ2n) is 4.27. The summed E-state index contributed by atoms with van der Waals surface area (Å²) in [6.45, 7) is 10.9. The Morgan fingerprint density at radius 1 is 0.750 bits per heavy atom. The van der Waals surface area contributed by atoms with Crippen LogP contribution in [0.3, 0.4) is 0 Å². The third-order valence-electron chi connectivity index (χ3n) is 2.88. The van der Waals surface area contributed by atoms with Crippen LogP contribution in [0.5, 0.6) is 0 Å². The summed E-state index contributed by atoms with van der Waals surface area (Å²) in [6, 6.07) is 0.988. The van der Waals surface area contributed by atoms with E-state index >= 15 is 0 Å². The van der Waals surface area contributed by atoms with Crippen molar-refractivity contribution in [1.82, 2.24) is 0 Å². The van der Waals surface area contributed by atoms with E-state index in [1.54, 1.807) is 0 Å². The van der Waals surface area contributed by atoms with Crippen molar-refractivity contribution in [3.05, 3.63) is 0 Å². The lowest BCUT2D eigenvalue weighted by Gasteiger charge is -2.40. The molecule has 0 heterocycles. The van der Waals surface area contributed by atoms with Crippen LogP contribution >= 0.6 is 0 Å². The molecule has 20 heavy (non-hydrogen) atoms. The molecule has 0 N–H and O–H groups in total. The molecule has 0 aromatic heterocycles. The van der Waals surface area contributed by atoms with E-state index < -0.39 is 28.1 Å². The number of carbonyl (C=O) groups is 2. The lowest BCUT2D eigenvalue weighted by molar-refractivity contribution is -0.137. The molecule has 8 heteroatoms. The molecular formula is C12H26O6Si2. The normalized spacial score (nSPS) is 16.9. The van der Waals surface area contributed by atoms with Gasteiger partial charge in [0, 0.05) is 39.1 Å². The Morgan fingerprint density at radius 3 is 1.20 bits per heavy atom. The topological polar surface area (TPSA) is 71.1 Å². The van der Waals surface area contributed by atoms with Gasteiger partial charge in [-0.1, -0.05) is 13.8 Å². The van der Waals surface area contributed by atoms with Crippen LogP contribution in [-0.2, 0) is 27.3 Å². The Morgan fingerprint density at radius 2 is 1.05 bits per heavy atom. The average molecular weight is 323 g/mol. The molecular weight excluding hydrogens is 296 g/mol. The standard InChI is InChI=1S/C12H26O6Si2/c1-7-15-19(9-3,17-11(5)13)20(10-4,16-8-2)18-12(6)14/h7-10H2,1-6H3. The predicted molar refractivity (Wildman–Crippen MR) is 79.3 cm³/mol. The lowest BCUT2D eigenvalue weighted by atomic mass is 10.9. The molecule has 0 rings (SSSR count). The van der Waals surface area contributed by atoms with Gasteiger partial charge in [0.1, 0.15) is 0 Å². The summed E-state index contributed by atoms with van der Waals surface area (Å²) in [5, 5.41) is 0. The summed E-state index contributed by atoms with van der Waals surface area (Å²) < 4.78 is 22.9. The summed E-state index contributed by atoms with van der Waals surface area (Å²) in [4.78, 5) is 23.0. The lowest BCUT2D eigenvalue weighted by Crippen LogP contribution is -2.70. The average Bonchev–Trinajstić information content (AvgIpc) is 2.36. The van der Waals surface area contributed by atoms with Gasteiger partial charge in [-0.2, -0.15) is 0 Å². The predicted octanol–water partition coefficient (Wildman–Crippen LogP) is 2.19. The largest absolute Gasteiger partial charge is 0.492 e. The fourth-order valence-electron chi connectivity index (χ4n) is 2.25. The first kappa shape index (κ1) is 19.3. The second kappa shape index (κ2) is 8.55. The molecule has 0 aliphatic heterocycles. The minimum absolute atomic E-state index is 0.385. The van der Waals surface area contributed by atoms with Gasteiger partial charge < -0.3 is 17.7 Å². The Kier molecular flexibility index (Phi) is 8.25. The van der Waals surface area contributed by atoms with E-state index in [2.05, 4.69) is 0 Å². The first-order valence-electron chi connectivity index (χ1n) is 7.00. The van der Waals surface area contributed by atoms with Crippen molar-refractivity contribution < 1.29 is 27.3 Å². The van der Waals surface area contributed by atoms with Gasteiger partial charge >= 0.3 is 16.2 Å². The van der Waals surface area contributed by atoms with Crippen molar-refractivity contribution >= 4 is 28.1 Å². The number of hydrogen-bond donors (Lipinski definition) is 0. The van der Waals surface area contributed by atoms with Crippen molar-refractivity contribution in [2.24, 2.45) is 0 Å². The molecule has 0 bridgehead atoms. The maximum absolute atomic E-state index is 11.5. The molecule has 0 saturated carbocycles. The third kappa shape index (κ3) is 4.40. The Balaban J connectivity index is 5.79. The molecule has 0 aliphatic carbocycles. The van der Waals surface area contributed by atoms with Crippen molar-refractivity contribution in [2.45, 2.75) is 53.6 Å². The van der Waals surface area contributed by atoms with Crippen LogP contribution in [0.2, 0.25) is 12.1 Å². The quantitative estimate of drug-likeness (QED) is 0.606. The van der Waals surface area contributed by atoms with Gasteiger partial charge in [-0.15, -0.1) is 0 Å². The molecule has 0 radical (unpaired) electrons. The highest BCUT2D eigenvalue weighted by Crippen LogP contribution is 2.31. The number of carbonyl (C=O) groups excluding carboxylic acids is 2. The van der Waals surface area contributed by atoms with Gasteiger partial charge in [-0.05, 0) is 13.8 Å². The zero-order valence-electron chi connectivity index (χ0n) is 13.3. The van der Waals surface area contributed by atoms with Gasteiger partial charge in [-0.3, -0.25) is 9.59 Å². The first-order chi connectivity index (χ1) is 9.33. The Bertz CT molecular complexity index is 306. The molecule has 0 spiro atoms. The first-order valence-corrected chi connectivity index (χ1v) is 12.0. The van der Waals surface area contributed by atoms with Crippen LogP contribution in [0.25, 0.3) is 0 Å². The van der Waals surface area contributed by atoms with E-state index in [-0.39, 0.29) is 0 Å². The molecule has 0 aliphatic rings. The molecule has 118 valence electrons. The monoisotopic (exact) mass is 322 g/mol. The van der Waals surface area contributed by atoms with Crippen molar-refractivity contribution in [3.63, 3.8) is 0 Å². The van der Waals surface area contributed by atoms with Gasteiger partial charge in [-0.25, -0.2) is 0 Å². The van der Waals surface area contributed by atoms with Gasteiger partial charge in [0.05, 0.1) is 0 Å². The molecule has 0 fully saturated rings. The van der Waals surface area contributed by atoms with Gasteiger partial charge in [0.15, 0.2) is 0 Å². The molecule has 2 atom stereocenters. The van der Waals surface area contributed by atoms with E-state index in [9.17, 15) is 9.59 Å². The molecule has 0 saturated heterocycles. The maximum atomic E-state index is 11.5. The molecule has 0 aromatic carbocycles. The highest BCUT2D eigenvalue weighted by atomic mass is 29.3.